The molecule has 0 spiro atoms. The molecular formula is C19H18FN3O3S2. The van der Waals surface area contributed by atoms with Gasteiger partial charge >= 0.3 is 0 Å². The summed E-state index contributed by atoms with van der Waals surface area (Å²) < 4.78 is 36.1. The van der Waals surface area contributed by atoms with Gasteiger partial charge in [0.15, 0.2) is 15.0 Å². The molecule has 0 bridgehead atoms. The van der Waals surface area contributed by atoms with Gasteiger partial charge in [-0.25, -0.2) is 12.8 Å². The standard InChI is InChI=1S/C19H18FN3O3S2/c20-13-3-7-14(8-4-13)21-18(24)9-12-1-5-15(6-2-12)22-19-23-16-10-28(25,26)11-17(16)27-19/h1-8,16-17H,9-11H2,(H,21,24)(H,22,23)/t16-,17-/m0/s1. The number of carbonyl (C=O) groups is 1. The first-order valence-electron chi connectivity index (χ1n) is 8.73. The molecule has 0 unspecified atom stereocenters. The Kier molecular flexibility index (Phi) is 5.11. The van der Waals surface area contributed by atoms with E-state index in [2.05, 4.69) is 15.6 Å². The molecule has 1 amide bonds. The molecule has 2 atom stereocenters. The van der Waals surface area contributed by atoms with Crippen molar-refractivity contribution in [2.75, 3.05) is 22.1 Å². The van der Waals surface area contributed by atoms with Crippen LogP contribution in [0.4, 0.5) is 15.8 Å². The van der Waals surface area contributed by atoms with Crippen molar-refractivity contribution in [3.05, 3.63) is 59.9 Å². The Morgan fingerprint density at radius 2 is 1.75 bits per heavy atom. The molecule has 2 aliphatic heterocycles. The van der Waals surface area contributed by atoms with Gasteiger partial charge in [0, 0.05) is 16.6 Å². The van der Waals surface area contributed by atoms with E-state index in [1.165, 1.54) is 36.0 Å². The van der Waals surface area contributed by atoms with Crippen molar-refractivity contribution in [1.29, 1.82) is 0 Å². The molecule has 2 N–H and O–H groups in total. The number of amides is 1. The van der Waals surface area contributed by atoms with Crippen LogP contribution in [-0.4, -0.2) is 42.3 Å². The summed E-state index contributed by atoms with van der Waals surface area (Å²) in [6, 6.07) is 12.9. The van der Waals surface area contributed by atoms with Crippen molar-refractivity contribution in [3.8, 4) is 0 Å². The predicted octanol–water partition coefficient (Wildman–Crippen LogP) is 2.69. The van der Waals surface area contributed by atoms with E-state index in [1.807, 2.05) is 24.3 Å². The molecule has 0 saturated carbocycles. The molecule has 0 aromatic heterocycles. The third-order valence-corrected chi connectivity index (χ3v) is 7.66. The number of rotatable bonds is 4. The highest BCUT2D eigenvalue weighted by molar-refractivity contribution is 8.15. The summed E-state index contributed by atoms with van der Waals surface area (Å²) in [5, 5.41) is 6.66. The highest BCUT2D eigenvalue weighted by Gasteiger charge is 2.42. The van der Waals surface area contributed by atoms with Crippen molar-refractivity contribution in [2.45, 2.75) is 17.7 Å². The van der Waals surface area contributed by atoms with Gasteiger partial charge in [0.2, 0.25) is 5.91 Å². The van der Waals surface area contributed by atoms with Crippen molar-refractivity contribution in [2.24, 2.45) is 4.99 Å². The van der Waals surface area contributed by atoms with Crippen molar-refractivity contribution >= 4 is 44.0 Å². The number of benzene rings is 2. The first-order chi connectivity index (χ1) is 13.4. The molecule has 0 radical (unpaired) electrons. The van der Waals surface area contributed by atoms with Crippen LogP contribution in [0.5, 0.6) is 0 Å². The minimum atomic E-state index is -2.96. The SMILES string of the molecule is O=C(Cc1ccc(NC2=N[C@H]3CS(=O)(=O)C[C@@H]3S2)cc1)Nc1ccc(F)cc1. The van der Waals surface area contributed by atoms with Gasteiger partial charge < -0.3 is 10.6 Å². The first kappa shape index (κ1) is 18.9. The van der Waals surface area contributed by atoms with E-state index in [0.29, 0.717) is 5.69 Å². The number of halogens is 1. The lowest BCUT2D eigenvalue weighted by Crippen LogP contribution is -2.14. The molecule has 0 aliphatic carbocycles. The molecule has 2 aromatic carbocycles. The highest BCUT2D eigenvalue weighted by atomic mass is 32.2. The number of carbonyl (C=O) groups excluding carboxylic acids is 1. The Hall–Kier alpha value is -2.39. The van der Waals surface area contributed by atoms with Gasteiger partial charge in [0.25, 0.3) is 0 Å². The summed E-state index contributed by atoms with van der Waals surface area (Å²) in [5.74, 6) is -0.231. The van der Waals surface area contributed by atoms with Gasteiger partial charge in [0.1, 0.15) is 5.82 Å². The number of hydrogen-bond acceptors (Lipinski definition) is 6. The van der Waals surface area contributed by atoms with E-state index >= 15 is 0 Å². The maximum absolute atomic E-state index is 12.9. The van der Waals surface area contributed by atoms with Gasteiger partial charge in [-0.15, -0.1) is 0 Å². The van der Waals surface area contributed by atoms with Crippen LogP contribution in [0.3, 0.4) is 0 Å². The zero-order valence-electron chi connectivity index (χ0n) is 14.8. The van der Waals surface area contributed by atoms with Crippen LogP contribution in [-0.2, 0) is 21.1 Å². The molecule has 4 rings (SSSR count). The Bertz CT molecular complexity index is 1020. The lowest BCUT2D eigenvalue weighted by molar-refractivity contribution is -0.115. The van der Waals surface area contributed by atoms with Crippen LogP contribution >= 0.6 is 11.8 Å². The monoisotopic (exact) mass is 419 g/mol. The maximum Gasteiger partial charge on any atom is 0.228 e. The maximum atomic E-state index is 12.9. The second kappa shape index (κ2) is 7.56. The highest BCUT2D eigenvalue weighted by Crippen LogP contribution is 2.34. The smallest absolute Gasteiger partial charge is 0.228 e. The molecule has 146 valence electrons. The van der Waals surface area contributed by atoms with Crippen molar-refractivity contribution < 1.29 is 17.6 Å². The van der Waals surface area contributed by atoms with E-state index in [9.17, 15) is 17.6 Å². The molecule has 9 heteroatoms. The fourth-order valence-electron chi connectivity index (χ4n) is 3.17. The van der Waals surface area contributed by atoms with Crippen molar-refractivity contribution in [1.82, 2.24) is 0 Å². The number of nitrogens with one attached hydrogen (secondary N) is 2. The van der Waals surface area contributed by atoms with Gasteiger partial charge in [0.05, 0.1) is 24.0 Å². The topological polar surface area (TPSA) is 87.6 Å². The number of fused-ring (bicyclic) bond motifs is 1. The summed E-state index contributed by atoms with van der Waals surface area (Å²) in [5.41, 5.74) is 2.22. The third-order valence-electron chi connectivity index (χ3n) is 4.52. The molecule has 2 aromatic rings. The number of amidine groups is 1. The number of aliphatic imine (C=N–C) groups is 1. The fraction of sp³-hybridized carbons (Fsp3) is 0.263. The molecule has 28 heavy (non-hydrogen) atoms. The fourth-order valence-corrected chi connectivity index (χ4v) is 6.85. The van der Waals surface area contributed by atoms with Gasteiger partial charge in [-0.3, -0.25) is 9.79 Å². The number of thioether (sulfide) groups is 1. The quantitative estimate of drug-likeness (QED) is 0.796. The van der Waals surface area contributed by atoms with E-state index in [1.54, 1.807) is 0 Å². The zero-order valence-corrected chi connectivity index (χ0v) is 16.4. The molecule has 1 fully saturated rings. The lowest BCUT2D eigenvalue weighted by Gasteiger charge is -2.08. The Labute approximate surface area is 166 Å². The molecule has 2 aliphatic rings. The van der Waals surface area contributed by atoms with Gasteiger partial charge in [-0.1, -0.05) is 23.9 Å². The van der Waals surface area contributed by atoms with Crippen molar-refractivity contribution in [3.63, 3.8) is 0 Å². The van der Waals surface area contributed by atoms with E-state index in [0.717, 1.165) is 16.4 Å². The summed E-state index contributed by atoms with van der Waals surface area (Å²) in [7, 11) is -2.96. The lowest BCUT2D eigenvalue weighted by atomic mass is 10.1. The Morgan fingerprint density at radius 1 is 1.07 bits per heavy atom. The minimum Gasteiger partial charge on any atom is -0.335 e. The third kappa shape index (κ3) is 4.53. The van der Waals surface area contributed by atoms with Crippen LogP contribution in [0.1, 0.15) is 5.56 Å². The van der Waals surface area contributed by atoms with E-state index in [-0.39, 0.29) is 40.9 Å². The average Bonchev–Trinajstić information content (AvgIpc) is 3.11. The number of hydrogen-bond donors (Lipinski definition) is 2. The average molecular weight is 420 g/mol. The van der Waals surface area contributed by atoms with Crippen LogP contribution in [0.2, 0.25) is 0 Å². The minimum absolute atomic E-state index is 0.00179. The second-order valence-corrected chi connectivity index (χ2v) is 10.2. The van der Waals surface area contributed by atoms with Crippen LogP contribution in [0.25, 0.3) is 0 Å². The normalized spacial score (nSPS) is 22.4. The number of nitrogens with zero attached hydrogens (tertiary/aromatic N) is 1. The molecular weight excluding hydrogens is 401 g/mol. The van der Waals surface area contributed by atoms with Gasteiger partial charge in [-0.05, 0) is 42.0 Å². The van der Waals surface area contributed by atoms with Gasteiger partial charge in [-0.2, -0.15) is 0 Å². The Morgan fingerprint density at radius 3 is 2.43 bits per heavy atom. The second-order valence-electron chi connectivity index (χ2n) is 6.79. The van der Waals surface area contributed by atoms with E-state index in [4.69, 9.17) is 0 Å². The molecule has 1 saturated heterocycles. The van der Waals surface area contributed by atoms with Crippen LogP contribution < -0.4 is 10.6 Å². The molecule has 6 nitrogen and oxygen atoms in total. The van der Waals surface area contributed by atoms with E-state index < -0.39 is 9.84 Å². The summed E-state index contributed by atoms with van der Waals surface area (Å²) in [6.45, 7) is 0. The zero-order chi connectivity index (χ0) is 19.7. The summed E-state index contributed by atoms with van der Waals surface area (Å²) in [6.07, 6.45) is 0.204. The van der Waals surface area contributed by atoms with Crippen LogP contribution in [0.15, 0.2) is 53.5 Å². The predicted molar refractivity (Wildman–Crippen MR) is 110 cm³/mol. The van der Waals surface area contributed by atoms with Crippen LogP contribution in [0, 0.1) is 5.82 Å². The number of sulfone groups is 1. The summed E-state index contributed by atoms with van der Waals surface area (Å²) >= 11 is 1.46. The first-order valence-corrected chi connectivity index (χ1v) is 11.4. The molecule has 2 heterocycles. The summed E-state index contributed by atoms with van der Waals surface area (Å²) in [4.78, 5) is 16.6. The Balaban J connectivity index is 1.32. The largest absolute Gasteiger partial charge is 0.335 e. The number of anilines is 2.